The number of nitrogens with zero attached hydrogens (tertiary/aromatic N) is 3. The lowest BCUT2D eigenvalue weighted by Crippen LogP contribution is -2.26. The molecule has 18 heavy (non-hydrogen) atoms. The highest BCUT2D eigenvalue weighted by Crippen LogP contribution is 2.25. The normalized spacial score (nSPS) is 13.4. The minimum Gasteiger partial charge on any atom is -0.358 e. The number of hydrogen-bond donors (Lipinski definition) is 1. The zero-order chi connectivity index (χ0) is 13.3. The molecular formula is C13H22N4S. The maximum atomic E-state index is 5.96. The van der Waals surface area contributed by atoms with E-state index < -0.39 is 0 Å². The number of fused-ring (bicyclic) bond motifs is 1. The van der Waals surface area contributed by atoms with Gasteiger partial charge in [-0.1, -0.05) is 13.8 Å². The van der Waals surface area contributed by atoms with Gasteiger partial charge in [0.1, 0.15) is 0 Å². The Bertz CT molecular complexity index is 512. The Balaban J connectivity index is 2.38. The standard InChI is InChI=1S/C13H22N4S/c1-9(2)8-16(4)12-11(7-10(3)14)17-5-6-18-13(17)15-12/h5-6,9-10H,7-8,14H2,1-4H3. The van der Waals surface area contributed by atoms with Gasteiger partial charge in [0.05, 0.1) is 5.69 Å². The first-order valence-electron chi connectivity index (χ1n) is 6.40. The smallest absolute Gasteiger partial charge is 0.195 e. The lowest BCUT2D eigenvalue weighted by Gasteiger charge is -2.21. The molecule has 0 amide bonds. The van der Waals surface area contributed by atoms with E-state index in [-0.39, 0.29) is 6.04 Å². The van der Waals surface area contributed by atoms with Crippen LogP contribution in [-0.4, -0.2) is 29.0 Å². The summed E-state index contributed by atoms with van der Waals surface area (Å²) in [4.78, 5) is 8.02. The molecule has 0 aliphatic carbocycles. The van der Waals surface area contributed by atoms with Crippen LogP contribution in [0, 0.1) is 5.92 Å². The van der Waals surface area contributed by atoms with Crippen LogP contribution in [0.5, 0.6) is 0 Å². The van der Waals surface area contributed by atoms with Crippen LogP contribution in [0.15, 0.2) is 11.6 Å². The highest BCUT2D eigenvalue weighted by atomic mass is 32.1. The minimum atomic E-state index is 0.149. The lowest BCUT2D eigenvalue weighted by molar-refractivity contribution is 0.631. The predicted octanol–water partition coefficient (Wildman–Crippen LogP) is 2.38. The van der Waals surface area contributed by atoms with Crippen LogP contribution in [0.2, 0.25) is 0 Å². The molecule has 2 aromatic rings. The number of imidazole rings is 1. The van der Waals surface area contributed by atoms with Gasteiger partial charge < -0.3 is 10.6 Å². The van der Waals surface area contributed by atoms with Gasteiger partial charge in [-0.2, -0.15) is 0 Å². The van der Waals surface area contributed by atoms with Crippen LogP contribution >= 0.6 is 11.3 Å². The average molecular weight is 266 g/mol. The van der Waals surface area contributed by atoms with E-state index in [2.05, 4.69) is 41.8 Å². The molecular weight excluding hydrogens is 244 g/mol. The van der Waals surface area contributed by atoms with Gasteiger partial charge in [-0.3, -0.25) is 4.40 Å². The Labute approximate surface area is 112 Å². The van der Waals surface area contributed by atoms with Gasteiger partial charge in [0.25, 0.3) is 0 Å². The molecule has 0 spiro atoms. The van der Waals surface area contributed by atoms with E-state index in [0.29, 0.717) is 5.92 Å². The van der Waals surface area contributed by atoms with E-state index in [1.807, 2.05) is 6.92 Å². The number of anilines is 1. The molecule has 2 N–H and O–H groups in total. The third kappa shape index (κ3) is 2.67. The fraction of sp³-hybridized carbons (Fsp3) is 0.615. The second-order valence-corrected chi connectivity index (χ2v) is 6.27. The third-order valence-electron chi connectivity index (χ3n) is 2.86. The van der Waals surface area contributed by atoms with Crippen molar-refractivity contribution >= 4 is 22.1 Å². The van der Waals surface area contributed by atoms with Crippen molar-refractivity contribution < 1.29 is 0 Å². The second kappa shape index (κ2) is 5.28. The van der Waals surface area contributed by atoms with Gasteiger partial charge in [-0.15, -0.1) is 11.3 Å². The van der Waals surface area contributed by atoms with Crippen LogP contribution < -0.4 is 10.6 Å². The number of nitrogens with two attached hydrogens (primary N) is 1. The molecule has 0 fully saturated rings. The molecule has 0 aliphatic heterocycles. The number of thiazole rings is 1. The molecule has 0 radical (unpaired) electrons. The van der Waals surface area contributed by atoms with Gasteiger partial charge in [0, 0.05) is 37.6 Å². The van der Waals surface area contributed by atoms with E-state index in [0.717, 1.165) is 23.7 Å². The first kappa shape index (κ1) is 13.4. The third-order valence-corrected chi connectivity index (χ3v) is 3.61. The Morgan fingerprint density at radius 1 is 1.44 bits per heavy atom. The Morgan fingerprint density at radius 3 is 2.78 bits per heavy atom. The van der Waals surface area contributed by atoms with Gasteiger partial charge >= 0.3 is 0 Å². The Kier molecular flexibility index (Phi) is 3.92. The molecule has 0 bridgehead atoms. The molecule has 2 heterocycles. The fourth-order valence-electron chi connectivity index (χ4n) is 2.26. The summed E-state index contributed by atoms with van der Waals surface area (Å²) in [6, 6.07) is 0.149. The monoisotopic (exact) mass is 266 g/mol. The van der Waals surface area contributed by atoms with E-state index in [9.17, 15) is 0 Å². The van der Waals surface area contributed by atoms with E-state index in [4.69, 9.17) is 10.7 Å². The molecule has 0 aromatic carbocycles. The van der Waals surface area contributed by atoms with Crippen molar-refractivity contribution in [3.63, 3.8) is 0 Å². The Hall–Kier alpha value is -1.07. The van der Waals surface area contributed by atoms with Crippen molar-refractivity contribution in [2.75, 3.05) is 18.5 Å². The maximum Gasteiger partial charge on any atom is 0.195 e. The minimum absolute atomic E-state index is 0.149. The molecule has 2 rings (SSSR count). The molecule has 4 nitrogen and oxygen atoms in total. The van der Waals surface area contributed by atoms with Crippen LogP contribution in [0.4, 0.5) is 5.82 Å². The molecule has 0 saturated carbocycles. The molecule has 1 atom stereocenters. The van der Waals surface area contributed by atoms with Crippen molar-refractivity contribution in [2.45, 2.75) is 33.2 Å². The SMILES string of the molecule is CC(C)CN(C)c1nc2sccn2c1CC(C)N. The first-order chi connectivity index (χ1) is 8.49. The molecule has 0 aliphatic rings. The van der Waals surface area contributed by atoms with Crippen LogP contribution in [0.25, 0.3) is 4.96 Å². The fourth-order valence-corrected chi connectivity index (χ4v) is 2.98. The van der Waals surface area contributed by atoms with Crippen LogP contribution in [0.3, 0.4) is 0 Å². The summed E-state index contributed by atoms with van der Waals surface area (Å²) in [5.74, 6) is 1.70. The molecule has 2 aromatic heterocycles. The maximum absolute atomic E-state index is 5.96. The number of aromatic nitrogens is 2. The molecule has 100 valence electrons. The number of hydrogen-bond acceptors (Lipinski definition) is 4. The summed E-state index contributed by atoms with van der Waals surface area (Å²) in [6.07, 6.45) is 2.94. The summed E-state index contributed by atoms with van der Waals surface area (Å²) in [5.41, 5.74) is 7.18. The Morgan fingerprint density at radius 2 is 2.17 bits per heavy atom. The summed E-state index contributed by atoms with van der Waals surface area (Å²) in [6.45, 7) is 7.50. The number of rotatable bonds is 5. The quantitative estimate of drug-likeness (QED) is 0.904. The zero-order valence-corrected chi connectivity index (χ0v) is 12.4. The summed E-state index contributed by atoms with van der Waals surface area (Å²) < 4.78 is 2.17. The van der Waals surface area contributed by atoms with Gasteiger partial charge in [-0.25, -0.2) is 4.98 Å². The zero-order valence-electron chi connectivity index (χ0n) is 11.6. The molecule has 1 unspecified atom stereocenters. The highest BCUT2D eigenvalue weighted by molar-refractivity contribution is 7.15. The van der Waals surface area contributed by atoms with E-state index in [1.165, 1.54) is 5.69 Å². The van der Waals surface area contributed by atoms with E-state index >= 15 is 0 Å². The second-order valence-electron chi connectivity index (χ2n) is 5.39. The van der Waals surface area contributed by atoms with Gasteiger partial charge in [0.2, 0.25) is 0 Å². The van der Waals surface area contributed by atoms with Crippen LogP contribution in [-0.2, 0) is 6.42 Å². The van der Waals surface area contributed by atoms with E-state index in [1.54, 1.807) is 11.3 Å². The van der Waals surface area contributed by atoms with Crippen molar-refractivity contribution in [3.8, 4) is 0 Å². The van der Waals surface area contributed by atoms with Crippen molar-refractivity contribution in [2.24, 2.45) is 11.7 Å². The molecule has 5 heteroatoms. The van der Waals surface area contributed by atoms with Crippen LogP contribution in [0.1, 0.15) is 26.5 Å². The van der Waals surface area contributed by atoms with Crippen molar-refractivity contribution in [1.82, 2.24) is 9.38 Å². The summed E-state index contributed by atoms with van der Waals surface area (Å²) in [5, 5.41) is 2.07. The summed E-state index contributed by atoms with van der Waals surface area (Å²) in [7, 11) is 2.11. The van der Waals surface area contributed by atoms with Crippen molar-refractivity contribution in [3.05, 3.63) is 17.3 Å². The van der Waals surface area contributed by atoms with Gasteiger partial charge in [-0.05, 0) is 12.8 Å². The van der Waals surface area contributed by atoms with Crippen molar-refractivity contribution in [1.29, 1.82) is 0 Å². The predicted molar refractivity (Wildman–Crippen MR) is 78.5 cm³/mol. The largest absolute Gasteiger partial charge is 0.358 e. The lowest BCUT2D eigenvalue weighted by atomic mass is 10.1. The topological polar surface area (TPSA) is 46.6 Å². The summed E-state index contributed by atoms with van der Waals surface area (Å²) >= 11 is 1.67. The first-order valence-corrected chi connectivity index (χ1v) is 7.28. The molecule has 0 saturated heterocycles. The van der Waals surface area contributed by atoms with Gasteiger partial charge in [0.15, 0.2) is 10.8 Å². The average Bonchev–Trinajstić information content (AvgIpc) is 2.79. The highest BCUT2D eigenvalue weighted by Gasteiger charge is 2.18.